The molecule has 2 atom stereocenters. The molecule has 0 unspecified atom stereocenters. The molecule has 0 bridgehead atoms. The minimum atomic E-state index is -0.339. The van der Waals surface area contributed by atoms with E-state index < -0.39 is 0 Å². The van der Waals surface area contributed by atoms with Gasteiger partial charge in [-0.15, -0.1) is 0 Å². The Bertz CT molecular complexity index is 585. The normalized spacial score (nSPS) is 22.1. The number of hydrogen-bond acceptors (Lipinski definition) is 6. The van der Waals surface area contributed by atoms with Crippen molar-refractivity contribution in [2.24, 2.45) is 0 Å². The molecule has 0 spiro atoms. The summed E-state index contributed by atoms with van der Waals surface area (Å²) >= 11 is 0. The van der Waals surface area contributed by atoms with Crippen LogP contribution in [0.4, 0.5) is 0 Å². The molecule has 1 aliphatic heterocycles. The second-order valence-electron chi connectivity index (χ2n) is 4.93. The number of β-amino-alcohol motifs (C(OH)–C–C–N with tert-alkyl or cyclic N) is 1. The highest BCUT2D eigenvalue weighted by Crippen LogP contribution is 2.22. The smallest absolute Gasteiger partial charge is 0.243 e. The van der Waals surface area contributed by atoms with Gasteiger partial charge >= 0.3 is 0 Å². The van der Waals surface area contributed by atoms with Crippen LogP contribution in [0.1, 0.15) is 29.7 Å². The summed E-state index contributed by atoms with van der Waals surface area (Å²) in [4.78, 5) is 4.39. The number of rotatable bonds is 4. The number of ether oxygens (including phenoxy) is 1. The van der Waals surface area contributed by atoms with E-state index in [0.29, 0.717) is 31.1 Å². The summed E-state index contributed by atoms with van der Waals surface area (Å²) in [6.45, 7) is 0.568. The van der Waals surface area contributed by atoms with Crippen LogP contribution in [-0.2, 0) is 6.42 Å². The molecular weight excluding hydrogens is 258 g/mol. The Morgan fingerprint density at radius 2 is 2.40 bits per heavy atom. The lowest BCUT2D eigenvalue weighted by molar-refractivity contribution is 0.191. The van der Waals surface area contributed by atoms with Crippen molar-refractivity contribution in [3.05, 3.63) is 41.5 Å². The van der Waals surface area contributed by atoms with Gasteiger partial charge in [-0.25, -0.2) is 0 Å². The average molecular weight is 275 g/mol. The van der Waals surface area contributed by atoms with Crippen LogP contribution in [0.5, 0.6) is 5.75 Å². The fourth-order valence-corrected chi connectivity index (χ4v) is 2.35. The van der Waals surface area contributed by atoms with E-state index in [9.17, 15) is 5.11 Å². The van der Waals surface area contributed by atoms with Crippen molar-refractivity contribution in [3.8, 4) is 5.75 Å². The topological polar surface area (TPSA) is 80.4 Å². The molecule has 6 heteroatoms. The average Bonchev–Trinajstić information content (AvgIpc) is 3.08. The van der Waals surface area contributed by atoms with Gasteiger partial charge in [0.1, 0.15) is 5.75 Å². The van der Waals surface area contributed by atoms with Gasteiger partial charge in [-0.1, -0.05) is 17.3 Å². The van der Waals surface area contributed by atoms with Crippen molar-refractivity contribution in [3.63, 3.8) is 0 Å². The Hall–Kier alpha value is -1.92. The molecule has 1 aromatic heterocycles. The highest BCUT2D eigenvalue weighted by Gasteiger charge is 2.28. The molecule has 2 N–H and O–H groups in total. The highest BCUT2D eigenvalue weighted by molar-refractivity contribution is 5.30. The number of nitrogens with zero attached hydrogens (tertiary/aromatic N) is 2. The zero-order valence-corrected chi connectivity index (χ0v) is 11.2. The quantitative estimate of drug-likeness (QED) is 0.868. The zero-order valence-electron chi connectivity index (χ0n) is 11.2. The Balaban J connectivity index is 1.70. The summed E-state index contributed by atoms with van der Waals surface area (Å²) in [7, 11) is 1.64. The molecule has 0 amide bonds. The van der Waals surface area contributed by atoms with Crippen LogP contribution in [-0.4, -0.2) is 35.0 Å². The van der Waals surface area contributed by atoms with Gasteiger partial charge in [0.25, 0.3) is 0 Å². The molecule has 1 fully saturated rings. The van der Waals surface area contributed by atoms with Gasteiger partial charge in [-0.2, -0.15) is 4.98 Å². The predicted molar refractivity (Wildman–Crippen MR) is 71.5 cm³/mol. The van der Waals surface area contributed by atoms with Crippen molar-refractivity contribution in [1.29, 1.82) is 0 Å². The number of benzene rings is 1. The van der Waals surface area contributed by atoms with E-state index in [1.54, 1.807) is 7.11 Å². The minimum absolute atomic E-state index is 0.0449. The third-order valence-corrected chi connectivity index (χ3v) is 3.39. The second-order valence-corrected chi connectivity index (χ2v) is 4.93. The largest absolute Gasteiger partial charge is 0.497 e. The van der Waals surface area contributed by atoms with E-state index in [0.717, 1.165) is 11.3 Å². The molecule has 106 valence electrons. The highest BCUT2D eigenvalue weighted by atomic mass is 16.5. The number of methoxy groups -OCH3 is 1. The molecule has 6 nitrogen and oxygen atoms in total. The van der Waals surface area contributed by atoms with E-state index in [2.05, 4.69) is 15.5 Å². The van der Waals surface area contributed by atoms with Gasteiger partial charge in [0, 0.05) is 13.0 Å². The van der Waals surface area contributed by atoms with Gasteiger partial charge in [-0.05, 0) is 24.1 Å². The van der Waals surface area contributed by atoms with Gasteiger partial charge in [0.05, 0.1) is 19.3 Å². The van der Waals surface area contributed by atoms with Gasteiger partial charge < -0.3 is 19.7 Å². The molecule has 2 aromatic rings. The van der Waals surface area contributed by atoms with Crippen LogP contribution in [0.3, 0.4) is 0 Å². The zero-order chi connectivity index (χ0) is 13.9. The summed E-state index contributed by atoms with van der Waals surface area (Å²) in [5.41, 5.74) is 1.07. The van der Waals surface area contributed by atoms with Crippen LogP contribution >= 0.6 is 0 Å². The molecule has 20 heavy (non-hydrogen) atoms. The molecule has 3 rings (SSSR count). The molecule has 0 aliphatic carbocycles. The van der Waals surface area contributed by atoms with Crippen molar-refractivity contribution in [2.45, 2.75) is 25.0 Å². The first kappa shape index (κ1) is 13.1. The van der Waals surface area contributed by atoms with Crippen LogP contribution in [0.25, 0.3) is 0 Å². The van der Waals surface area contributed by atoms with Crippen LogP contribution < -0.4 is 10.1 Å². The van der Waals surface area contributed by atoms with Crippen molar-refractivity contribution in [2.75, 3.05) is 13.7 Å². The van der Waals surface area contributed by atoms with Crippen LogP contribution in [0.2, 0.25) is 0 Å². The monoisotopic (exact) mass is 275 g/mol. The van der Waals surface area contributed by atoms with Crippen molar-refractivity contribution in [1.82, 2.24) is 15.5 Å². The molecule has 2 heterocycles. The maximum absolute atomic E-state index is 9.49. The third kappa shape index (κ3) is 2.81. The Morgan fingerprint density at radius 3 is 3.15 bits per heavy atom. The van der Waals surface area contributed by atoms with E-state index >= 15 is 0 Å². The summed E-state index contributed by atoms with van der Waals surface area (Å²) < 4.78 is 10.4. The Morgan fingerprint density at radius 1 is 1.50 bits per heavy atom. The van der Waals surface area contributed by atoms with Crippen molar-refractivity contribution >= 4 is 0 Å². The second kappa shape index (κ2) is 5.60. The fraction of sp³-hybridized carbons (Fsp3) is 0.429. The molecule has 1 aromatic carbocycles. The lowest BCUT2D eigenvalue weighted by atomic mass is 10.1. The van der Waals surface area contributed by atoms with Gasteiger partial charge in [-0.3, -0.25) is 0 Å². The number of aromatic nitrogens is 2. The number of nitrogens with one attached hydrogen (secondary N) is 1. The molecule has 0 radical (unpaired) electrons. The first-order chi connectivity index (χ1) is 9.74. The van der Waals surface area contributed by atoms with Gasteiger partial charge in [0.2, 0.25) is 5.89 Å². The summed E-state index contributed by atoms with van der Waals surface area (Å²) in [6, 6.07) is 7.74. The summed E-state index contributed by atoms with van der Waals surface area (Å²) in [5, 5.41) is 16.6. The number of aliphatic hydroxyl groups is 1. The van der Waals surface area contributed by atoms with E-state index in [1.165, 1.54) is 0 Å². The first-order valence-electron chi connectivity index (χ1n) is 6.61. The number of hydrogen-bond donors (Lipinski definition) is 2. The Labute approximate surface area is 116 Å². The standard InChI is InChI=1S/C14H17N3O3/c1-19-11-4-2-3-9(5-11)6-13-16-14(20-17-13)12-7-10(18)8-15-12/h2-5,10,12,15,18H,6-8H2,1H3/t10-,12-/m0/s1. The predicted octanol–water partition coefficient (Wildman–Crippen LogP) is 1.06. The SMILES string of the molecule is COc1cccc(Cc2noc([C@@H]3C[C@H](O)CN3)n2)c1. The van der Waals surface area contributed by atoms with Gasteiger partial charge in [0.15, 0.2) is 5.82 Å². The maximum Gasteiger partial charge on any atom is 0.243 e. The minimum Gasteiger partial charge on any atom is -0.497 e. The molecule has 0 saturated carbocycles. The fourth-order valence-electron chi connectivity index (χ4n) is 2.35. The lowest BCUT2D eigenvalue weighted by Gasteiger charge is -2.02. The molecular formula is C14H17N3O3. The van der Waals surface area contributed by atoms with Crippen LogP contribution in [0.15, 0.2) is 28.8 Å². The van der Waals surface area contributed by atoms with E-state index in [1.807, 2.05) is 24.3 Å². The maximum atomic E-state index is 9.49. The van der Waals surface area contributed by atoms with Crippen molar-refractivity contribution < 1.29 is 14.4 Å². The van der Waals surface area contributed by atoms with E-state index in [4.69, 9.17) is 9.26 Å². The third-order valence-electron chi connectivity index (χ3n) is 3.39. The van der Waals surface area contributed by atoms with E-state index in [-0.39, 0.29) is 12.1 Å². The Kier molecular flexibility index (Phi) is 3.66. The summed E-state index contributed by atoms with van der Waals surface area (Å²) in [6.07, 6.45) is 0.866. The molecule has 1 saturated heterocycles. The number of aliphatic hydroxyl groups excluding tert-OH is 1. The lowest BCUT2D eigenvalue weighted by Crippen LogP contribution is -2.15. The first-order valence-corrected chi connectivity index (χ1v) is 6.61. The van der Waals surface area contributed by atoms with Crippen LogP contribution in [0, 0.1) is 0 Å². The summed E-state index contributed by atoms with van der Waals surface area (Å²) in [5.74, 6) is 1.99. The molecule has 1 aliphatic rings.